The van der Waals surface area contributed by atoms with Gasteiger partial charge < -0.3 is 20.3 Å². The zero-order chi connectivity index (χ0) is 23.8. The average molecular weight is 464 g/mol. The Balaban J connectivity index is 1.76. The molecule has 0 radical (unpaired) electrons. The summed E-state index contributed by atoms with van der Waals surface area (Å²) in [6.07, 6.45) is -4.78. The number of hydrogen-bond acceptors (Lipinski definition) is 7. The second kappa shape index (κ2) is 8.97. The van der Waals surface area contributed by atoms with Crippen molar-refractivity contribution in [3.8, 4) is 5.88 Å². The Bertz CT molecular complexity index is 1160. The van der Waals surface area contributed by atoms with Gasteiger partial charge in [0.15, 0.2) is 5.65 Å². The van der Waals surface area contributed by atoms with E-state index in [1.165, 1.54) is 19.2 Å². The van der Waals surface area contributed by atoms with Gasteiger partial charge in [0.25, 0.3) is 0 Å². The Morgan fingerprint density at radius 3 is 2.55 bits per heavy atom. The number of nitrogens with zero attached hydrogens (tertiary/aromatic N) is 4. The van der Waals surface area contributed by atoms with Crippen LogP contribution in [-0.4, -0.2) is 48.2 Å². The van der Waals surface area contributed by atoms with Crippen LogP contribution in [0.5, 0.6) is 5.88 Å². The van der Waals surface area contributed by atoms with E-state index in [0.717, 1.165) is 37.9 Å². The summed E-state index contributed by atoms with van der Waals surface area (Å²) in [4.78, 5) is 15.5. The van der Waals surface area contributed by atoms with Gasteiger partial charge in [-0.3, -0.25) is 0 Å². The number of nitrogens with one attached hydrogen (secondary N) is 2. The standard InChI is InChI=1S/C22H24F4N6O/c1-12(14-5-4-6-16(18(14)23)22(24,25)26)28-19-15-11-17(32-9-7-27-8-10-32)21(33-3)31-20(15)30-13(2)29-19/h4-6,11-12,27H,7-10H2,1-3H3,(H,28,29,30,31)/t12-/m1/s1. The van der Waals surface area contributed by atoms with E-state index in [-0.39, 0.29) is 5.56 Å². The Labute approximate surface area is 188 Å². The summed E-state index contributed by atoms with van der Waals surface area (Å²) in [6.45, 7) is 6.38. The smallest absolute Gasteiger partial charge is 0.419 e. The maximum absolute atomic E-state index is 14.7. The second-order valence-corrected chi connectivity index (χ2v) is 7.82. The van der Waals surface area contributed by atoms with E-state index in [0.29, 0.717) is 28.6 Å². The van der Waals surface area contributed by atoms with Crippen LogP contribution in [0.3, 0.4) is 0 Å². The molecule has 3 heterocycles. The molecule has 0 saturated carbocycles. The maximum atomic E-state index is 14.7. The lowest BCUT2D eigenvalue weighted by Crippen LogP contribution is -2.43. The van der Waals surface area contributed by atoms with Gasteiger partial charge in [0, 0.05) is 31.7 Å². The Kier molecular flexibility index (Phi) is 6.24. The molecule has 1 saturated heterocycles. The van der Waals surface area contributed by atoms with Crippen LogP contribution in [0.25, 0.3) is 11.0 Å². The summed E-state index contributed by atoms with van der Waals surface area (Å²) in [5, 5.41) is 6.91. The molecule has 0 bridgehead atoms. The highest BCUT2D eigenvalue weighted by molar-refractivity contribution is 5.90. The molecule has 176 valence electrons. The first kappa shape index (κ1) is 23.0. The highest BCUT2D eigenvalue weighted by Gasteiger charge is 2.35. The third-order valence-electron chi connectivity index (χ3n) is 5.55. The number of alkyl halides is 3. The number of hydrogen-bond donors (Lipinski definition) is 2. The molecule has 1 aromatic carbocycles. The van der Waals surface area contributed by atoms with Crippen molar-refractivity contribution in [1.29, 1.82) is 0 Å². The van der Waals surface area contributed by atoms with Gasteiger partial charge >= 0.3 is 6.18 Å². The van der Waals surface area contributed by atoms with Crippen molar-refractivity contribution in [3.63, 3.8) is 0 Å². The van der Waals surface area contributed by atoms with Crippen molar-refractivity contribution < 1.29 is 22.3 Å². The average Bonchev–Trinajstić information content (AvgIpc) is 2.78. The zero-order valence-electron chi connectivity index (χ0n) is 18.4. The number of ether oxygens (including phenoxy) is 1. The summed E-state index contributed by atoms with van der Waals surface area (Å²) in [6, 6.07) is 4.30. The third-order valence-corrected chi connectivity index (χ3v) is 5.55. The molecular formula is C22H24F4N6O. The predicted octanol–water partition coefficient (Wildman–Crippen LogP) is 4.08. The van der Waals surface area contributed by atoms with E-state index in [1.54, 1.807) is 13.8 Å². The number of rotatable bonds is 5. The van der Waals surface area contributed by atoms with Crippen LogP contribution in [0.2, 0.25) is 0 Å². The Morgan fingerprint density at radius 2 is 1.88 bits per heavy atom. The molecule has 0 amide bonds. The number of aryl methyl sites for hydroxylation is 1. The van der Waals surface area contributed by atoms with E-state index >= 15 is 0 Å². The summed E-state index contributed by atoms with van der Waals surface area (Å²) in [5.41, 5.74) is -0.278. The maximum Gasteiger partial charge on any atom is 0.419 e. The molecule has 7 nitrogen and oxygen atoms in total. The van der Waals surface area contributed by atoms with E-state index in [2.05, 4.69) is 30.5 Å². The molecule has 1 atom stereocenters. The summed E-state index contributed by atoms with van der Waals surface area (Å²) in [7, 11) is 1.53. The fourth-order valence-electron chi connectivity index (χ4n) is 3.92. The molecule has 0 aliphatic carbocycles. The van der Waals surface area contributed by atoms with Gasteiger partial charge in [-0.25, -0.2) is 14.4 Å². The number of pyridine rings is 1. The Morgan fingerprint density at radius 1 is 1.15 bits per heavy atom. The molecule has 1 aliphatic rings. The monoisotopic (exact) mass is 464 g/mol. The van der Waals surface area contributed by atoms with Crippen LogP contribution in [-0.2, 0) is 6.18 Å². The van der Waals surface area contributed by atoms with Crippen LogP contribution in [0.15, 0.2) is 24.3 Å². The molecule has 33 heavy (non-hydrogen) atoms. The molecule has 3 aromatic rings. The van der Waals surface area contributed by atoms with Crippen LogP contribution >= 0.6 is 0 Å². The largest absolute Gasteiger partial charge is 0.479 e. The zero-order valence-corrected chi connectivity index (χ0v) is 18.4. The fraction of sp³-hybridized carbons (Fsp3) is 0.409. The van der Waals surface area contributed by atoms with Crippen molar-refractivity contribution in [3.05, 3.63) is 47.0 Å². The summed E-state index contributed by atoms with van der Waals surface area (Å²) >= 11 is 0. The summed E-state index contributed by atoms with van der Waals surface area (Å²) in [5.74, 6) is -0.119. The number of fused-ring (bicyclic) bond motifs is 1. The van der Waals surface area contributed by atoms with Crippen LogP contribution < -0.4 is 20.3 Å². The number of benzene rings is 1. The van der Waals surface area contributed by atoms with Crippen LogP contribution in [0.1, 0.15) is 29.9 Å². The topological polar surface area (TPSA) is 75.2 Å². The first-order chi connectivity index (χ1) is 15.7. The Hall–Kier alpha value is -3.21. The first-order valence-electron chi connectivity index (χ1n) is 10.5. The first-order valence-corrected chi connectivity index (χ1v) is 10.5. The van der Waals surface area contributed by atoms with Crippen molar-refractivity contribution >= 4 is 22.5 Å². The van der Waals surface area contributed by atoms with E-state index in [9.17, 15) is 17.6 Å². The second-order valence-electron chi connectivity index (χ2n) is 7.82. The van der Waals surface area contributed by atoms with Crippen molar-refractivity contribution in [2.45, 2.75) is 26.1 Å². The lowest BCUT2D eigenvalue weighted by Gasteiger charge is -2.30. The van der Waals surface area contributed by atoms with Gasteiger partial charge in [-0.2, -0.15) is 18.2 Å². The minimum absolute atomic E-state index is 0.113. The van der Waals surface area contributed by atoms with Gasteiger partial charge in [0.2, 0.25) is 5.88 Å². The van der Waals surface area contributed by atoms with Crippen LogP contribution in [0, 0.1) is 12.7 Å². The van der Waals surface area contributed by atoms with Gasteiger partial charge in [0.05, 0.1) is 24.1 Å². The van der Waals surface area contributed by atoms with E-state index < -0.39 is 23.6 Å². The lowest BCUT2D eigenvalue weighted by molar-refractivity contribution is -0.140. The number of halogens is 4. The van der Waals surface area contributed by atoms with Crippen molar-refractivity contribution in [2.75, 3.05) is 43.5 Å². The highest BCUT2D eigenvalue weighted by atomic mass is 19.4. The van der Waals surface area contributed by atoms with E-state index in [1.807, 2.05) is 6.07 Å². The normalized spacial score (nSPS) is 15.5. The molecule has 0 spiro atoms. The third kappa shape index (κ3) is 4.63. The van der Waals surface area contributed by atoms with Gasteiger partial charge in [-0.05, 0) is 26.0 Å². The molecule has 2 N–H and O–H groups in total. The molecule has 0 unspecified atom stereocenters. The molecule has 2 aromatic heterocycles. The lowest BCUT2D eigenvalue weighted by atomic mass is 10.0. The quantitative estimate of drug-likeness (QED) is 0.551. The number of piperazine rings is 1. The molecule has 1 aliphatic heterocycles. The minimum Gasteiger partial charge on any atom is -0.479 e. The van der Waals surface area contributed by atoms with Gasteiger partial charge in [0.1, 0.15) is 23.1 Å². The minimum atomic E-state index is -4.78. The highest BCUT2D eigenvalue weighted by Crippen LogP contribution is 2.36. The fourth-order valence-corrected chi connectivity index (χ4v) is 3.92. The van der Waals surface area contributed by atoms with Crippen LogP contribution in [0.4, 0.5) is 29.1 Å². The number of aromatic nitrogens is 3. The van der Waals surface area contributed by atoms with Crippen molar-refractivity contribution in [2.24, 2.45) is 0 Å². The number of anilines is 2. The van der Waals surface area contributed by atoms with Gasteiger partial charge in [-0.1, -0.05) is 12.1 Å². The molecule has 4 rings (SSSR count). The number of methoxy groups -OCH3 is 1. The van der Waals surface area contributed by atoms with Gasteiger partial charge in [-0.15, -0.1) is 0 Å². The molecular weight excluding hydrogens is 440 g/mol. The molecule has 11 heteroatoms. The summed E-state index contributed by atoms with van der Waals surface area (Å²) < 4.78 is 59.7. The SMILES string of the molecule is COc1nc2nc(C)nc(N[C@H](C)c3cccc(C(F)(F)F)c3F)c2cc1N1CCNCC1. The van der Waals surface area contributed by atoms with E-state index in [4.69, 9.17) is 4.74 Å². The molecule has 1 fully saturated rings. The predicted molar refractivity (Wildman–Crippen MR) is 117 cm³/mol. The van der Waals surface area contributed by atoms with Crippen molar-refractivity contribution in [1.82, 2.24) is 20.3 Å².